The SMILES string of the molecule is CNCC1CCN(C(=O)c2ccc(Br)cc2)CC1.Cl. The molecule has 0 atom stereocenters. The van der Waals surface area contributed by atoms with Crippen molar-refractivity contribution in [3.8, 4) is 0 Å². The van der Waals surface area contributed by atoms with Gasteiger partial charge in [0.1, 0.15) is 0 Å². The largest absolute Gasteiger partial charge is 0.339 e. The minimum Gasteiger partial charge on any atom is -0.339 e. The average Bonchev–Trinajstić information content (AvgIpc) is 2.40. The van der Waals surface area contributed by atoms with Crippen LogP contribution >= 0.6 is 28.3 Å². The maximum Gasteiger partial charge on any atom is 0.253 e. The molecule has 0 spiro atoms. The monoisotopic (exact) mass is 346 g/mol. The number of halogens is 2. The summed E-state index contributed by atoms with van der Waals surface area (Å²) in [6, 6.07) is 7.60. The Morgan fingerprint density at radius 3 is 2.42 bits per heavy atom. The molecule has 19 heavy (non-hydrogen) atoms. The van der Waals surface area contributed by atoms with Crippen LogP contribution in [-0.4, -0.2) is 37.5 Å². The molecule has 0 bridgehead atoms. The molecule has 1 fully saturated rings. The first-order valence-corrected chi connectivity index (χ1v) is 7.19. The van der Waals surface area contributed by atoms with Gasteiger partial charge in [0, 0.05) is 23.1 Å². The van der Waals surface area contributed by atoms with Crippen molar-refractivity contribution in [2.75, 3.05) is 26.7 Å². The number of amides is 1. The van der Waals surface area contributed by atoms with Gasteiger partial charge < -0.3 is 10.2 Å². The van der Waals surface area contributed by atoms with Crippen LogP contribution < -0.4 is 5.32 Å². The topological polar surface area (TPSA) is 32.3 Å². The highest BCUT2D eigenvalue weighted by atomic mass is 79.9. The maximum absolute atomic E-state index is 12.3. The van der Waals surface area contributed by atoms with E-state index in [0.717, 1.165) is 42.5 Å². The van der Waals surface area contributed by atoms with Crippen LogP contribution in [0, 0.1) is 5.92 Å². The third-order valence-electron chi connectivity index (χ3n) is 3.49. The zero-order chi connectivity index (χ0) is 13.0. The average molecular weight is 348 g/mol. The smallest absolute Gasteiger partial charge is 0.253 e. The Hall–Kier alpha value is -0.580. The number of nitrogens with one attached hydrogen (secondary N) is 1. The first-order valence-electron chi connectivity index (χ1n) is 6.40. The molecule has 5 heteroatoms. The van der Waals surface area contributed by atoms with Crippen molar-refractivity contribution in [1.29, 1.82) is 0 Å². The summed E-state index contributed by atoms with van der Waals surface area (Å²) in [5, 5.41) is 3.21. The zero-order valence-corrected chi connectivity index (χ0v) is 13.5. The van der Waals surface area contributed by atoms with E-state index in [4.69, 9.17) is 0 Å². The van der Waals surface area contributed by atoms with Gasteiger partial charge in [-0.3, -0.25) is 4.79 Å². The summed E-state index contributed by atoms with van der Waals surface area (Å²) in [5.41, 5.74) is 0.783. The molecule has 0 aromatic heterocycles. The third-order valence-corrected chi connectivity index (χ3v) is 4.01. The quantitative estimate of drug-likeness (QED) is 0.912. The van der Waals surface area contributed by atoms with Gasteiger partial charge in [0.2, 0.25) is 0 Å². The van der Waals surface area contributed by atoms with Crippen LogP contribution in [0.15, 0.2) is 28.7 Å². The molecule has 0 radical (unpaired) electrons. The summed E-state index contributed by atoms with van der Waals surface area (Å²) >= 11 is 3.38. The van der Waals surface area contributed by atoms with Crippen molar-refractivity contribution >= 4 is 34.2 Å². The van der Waals surface area contributed by atoms with Crippen LogP contribution in [0.5, 0.6) is 0 Å². The fraction of sp³-hybridized carbons (Fsp3) is 0.500. The predicted octanol–water partition coefficient (Wildman–Crippen LogP) is 2.94. The van der Waals surface area contributed by atoms with Crippen LogP contribution in [0.3, 0.4) is 0 Å². The van der Waals surface area contributed by atoms with Crippen molar-refractivity contribution in [2.24, 2.45) is 5.92 Å². The van der Waals surface area contributed by atoms with E-state index >= 15 is 0 Å². The third kappa shape index (κ3) is 4.48. The highest BCUT2D eigenvalue weighted by Gasteiger charge is 2.22. The molecule has 0 unspecified atom stereocenters. The number of benzene rings is 1. The van der Waals surface area contributed by atoms with Gasteiger partial charge in [0.05, 0.1) is 0 Å². The number of nitrogens with zero attached hydrogens (tertiary/aromatic N) is 1. The molecular formula is C14H20BrClN2O. The molecule has 1 heterocycles. The molecule has 1 aromatic rings. The van der Waals surface area contributed by atoms with E-state index in [1.807, 2.05) is 36.2 Å². The predicted molar refractivity (Wildman–Crippen MR) is 83.9 cm³/mol. The van der Waals surface area contributed by atoms with Gasteiger partial charge in [0.15, 0.2) is 0 Å². The van der Waals surface area contributed by atoms with Crippen molar-refractivity contribution in [2.45, 2.75) is 12.8 Å². The van der Waals surface area contributed by atoms with E-state index in [9.17, 15) is 4.79 Å². The van der Waals surface area contributed by atoms with Gasteiger partial charge in [-0.2, -0.15) is 0 Å². The number of rotatable bonds is 3. The van der Waals surface area contributed by atoms with Crippen molar-refractivity contribution in [1.82, 2.24) is 10.2 Å². The van der Waals surface area contributed by atoms with Gasteiger partial charge >= 0.3 is 0 Å². The molecule has 1 amide bonds. The second-order valence-electron chi connectivity index (χ2n) is 4.80. The van der Waals surface area contributed by atoms with Crippen molar-refractivity contribution < 1.29 is 4.79 Å². The Morgan fingerprint density at radius 1 is 1.32 bits per heavy atom. The van der Waals surface area contributed by atoms with Gasteiger partial charge in [-0.15, -0.1) is 12.4 Å². The molecule has 3 nitrogen and oxygen atoms in total. The molecule has 0 saturated carbocycles. The molecule has 1 N–H and O–H groups in total. The first kappa shape index (κ1) is 16.5. The summed E-state index contributed by atoms with van der Waals surface area (Å²) in [7, 11) is 1.99. The Morgan fingerprint density at radius 2 is 1.89 bits per heavy atom. The summed E-state index contributed by atoms with van der Waals surface area (Å²) in [6.45, 7) is 2.81. The summed E-state index contributed by atoms with van der Waals surface area (Å²) in [6.07, 6.45) is 2.20. The van der Waals surface area contributed by atoms with Gasteiger partial charge in [-0.25, -0.2) is 0 Å². The lowest BCUT2D eigenvalue weighted by Gasteiger charge is -2.32. The van der Waals surface area contributed by atoms with E-state index in [1.165, 1.54) is 0 Å². The van der Waals surface area contributed by atoms with E-state index in [-0.39, 0.29) is 18.3 Å². The molecule has 1 saturated heterocycles. The first-order chi connectivity index (χ1) is 8.70. The molecular weight excluding hydrogens is 328 g/mol. The lowest BCUT2D eigenvalue weighted by Crippen LogP contribution is -2.40. The maximum atomic E-state index is 12.3. The summed E-state index contributed by atoms with van der Waals surface area (Å²) < 4.78 is 1.01. The number of piperidine rings is 1. The van der Waals surface area contributed by atoms with Gasteiger partial charge in [-0.05, 0) is 56.6 Å². The lowest BCUT2D eigenvalue weighted by atomic mass is 9.96. The molecule has 1 aliphatic heterocycles. The minimum absolute atomic E-state index is 0. The molecule has 2 rings (SSSR count). The number of hydrogen-bond donors (Lipinski definition) is 1. The Balaban J connectivity index is 0.00000180. The fourth-order valence-corrected chi connectivity index (χ4v) is 2.67. The van der Waals surface area contributed by atoms with Crippen molar-refractivity contribution in [3.05, 3.63) is 34.3 Å². The number of likely N-dealkylation sites (tertiary alicyclic amines) is 1. The highest BCUT2D eigenvalue weighted by Crippen LogP contribution is 2.19. The van der Waals surface area contributed by atoms with Gasteiger partial charge in [-0.1, -0.05) is 15.9 Å². The lowest BCUT2D eigenvalue weighted by molar-refractivity contribution is 0.0691. The van der Waals surface area contributed by atoms with Crippen LogP contribution in [0.1, 0.15) is 23.2 Å². The highest BCUT2D eigenvalue weighted by molar-refractivity contribution is 9.10. The fourth-order valence-electron chi connectivity index (χ4n) is 2.40. The molecule has 106 valence electrons. The Bertz CT molecular complexity index is 402. The van der Waals surface area contributed by atoms with Crippen LogP contribution in [-0.2, 0) is 0 Å². The Labute approximate surface area is 129 Å². The van der Waals surface area contributed by atoms with E-state index in [1.54, 1.807) is 0 Å². The zero-order valence-electron chi connectivity index (χ0n) is 11.1. The second kappa shape index (κ2) is 7.88. The van der Waals surface area contributed by atoms with Crippen LogP contribution in [0.25, 0.3) is 0 Å². The molecule has 0 aliphatic carbocycles. The summed E-state index contributed by atoms with van der Waals surface area (Å²) in [4.78, 5) is 14.2. The van der Waals surface area contributed by atoms with E-state index in [0.29, 0.717) is 5.92 Å². The van der Waals surface area contributed by atoms with Crippen molar-refractivity contribution in [3.63, 3.8) is 0 Å². The minimum atomic E-state index is 0. The molecule has 1 aromatic carbocycles. The molecule has 1 aliphatic rings. The second-order valence-corrected chi connectivity index (χ2v) is 5.72. The van der Waals surface area contributed by atoms with Crippen LogP contribution in [0.2, 0.25) is 0 Å². The number of carbonyl (C=O) groups is 1. The standard InChI is InChI=1S/C14H19BrN2O.ClH/c1-16-10-11-6-8-17(9-7-11)14(18)12-2-4-13(15)5-3-12;/h2-5,11,16H,6-10H2,1H3;1H. The number of hydrogen-bond acceptors (Lipinski definition) is 2. The summed E-state index contributed by atoms with van der Waals surface area (Å²) in [5.74, 6) is 0.870. The van der Waals surface area contributed by atoms with E-state index < -0.39 is 0 Å². The van der Waals surface area contributed by atoms with E-state index in [2.05, 4.69) is 21.2 Å². The Kier molecular flexibility index (Phi) is 6.83. The van der Waals surface area contributed by atoms with Crippen LogP contribution in [0.4, 0.5) is 0 Å². The van der Waals surface area contributed by atoms with Gasteiger partial charge in [0.25, 0.3) is 5.91 Å². The number of carbonyl (C=O) groups excluding carboxylic acids is 1. The normalized spacial score (nSPS) is 16.0.